The third-order valence-corrected chi connectivity index (χ3v) is 7.82. The Morgan fingerprint density at radius 2 is 0.919 bits per heavy atom. The minimum absolute atomic E-state index is 0.0525. The van der Waals surface area contributed by atoms with Crippen LogP contribution in [0.3, 0.4) is 0 Å². The highest BCUT2D eigenvalue weighted by Gasteiger charge is 2.20. The summed E-state index contributed by atoms with van der Waals surface area (Å²) in [5.41, 5.74) is 7.47. The molecule has 0 N–H and O–H groups in total. The van der Waals surface area contributed by atoms with E-state index >= 15 is 0 Å². The Morgan fingerprint density at radius 1 is 0.514 bits per heavy atom. The normalized spacial score (nSPS) is 11.9. The Bertz CT molecular complexity index is 1280. The topological polar surface area (TPSA) is 18.5 Å². The molecule has 0 aliphatic heterocycles. The number of ether oxygens (including phenoxy) is 2. The van der Waals surface area contributed by atoms with Crippen LogP contribution in [0.2, 0.25) is 0 Å². The average molecular weight is 511 g/mol. The lowest BCUT2D eigenvalue weighted by molar-refractivity contribution is 0.415. The van der Waals surface area contributed by atoms with Gasteiger partial charge in [-0.15, -0.1) is 0 Å². The second-order valence-corrected chi connectivity index (χ2v) is 12.6. The highest BCUT2D eigenvalue weighted by atomic mass is 32.2. The Balaban J connectivity index is 1.89. The summed E-state index contributed by atoms with van der Waals surface area (Å²) >= 11 is 1.81. The second kappa shape index (κ2) is 10.7. The summed E-state index contributed by atoms with van der Waals surface area (Å²) < 4.78 is 11.1. The van der Waals surface area contributed by atoms with Crippen LogP contribution >= 0.6 is 11.8 Å². The van der Waals surface area contributed by atoms with Gasteiger partial charge in [0.05, 0.1) is 14.2 Å². The zero-order valence-electron chi connectivity index (χ0n) is 23.3. The van der Waals surface area contributed by atoms with Gasteiger partial charge in [-0.1, -0.05) is 89.7 Å². The molecule has 0 saturated heterocycles. The molecule has 0 unspecified atom stereocenters. The zero-order chi connectivity index (χ0) is 26.8. The van der Waals surface area contributed by atoms with Gasteiger partial charge in [-0.2, -0.15) is 0 Å². The SMILES string of the molecule is COc1cccc(-c2cc(C(C)(C)C)ccc2Sc2ccc(C(C)(C)C)cc2-c2cccc(OC)c2)c1. The molecule has 4 aromatic carbocycles. The van der Waals surface area contributed by atoms with Gasteiger partial charge in [0.25, 0.3) is 0 Å². The number of rotatable bonds is 6. The second-order valence-electron chi connectivity index (χ2n) is 11.5. The van der Waals surface area contributed by atoms with Gasteiger partial charge >= 0.3 is 0 Å². The molecule has 0 aliphatic carbocycles. The van der Waals surface area contributed by atoms with Gasteiger partial charge < -0.3 is 9.47 Å². The minimum Gasteiger partial charge on any atom is -0.497 e. The summed E-state index contributed by atoms with van der Waals surface area (Å²) in [4.78, 5) is 2.43. The van der Waals surface area contributed by atoms with Gasteiger partial charge in [-0.05, 0) is 92.7 Å². The Kier molecular flexibility index (Phi) is 7.75. The molecular formula is C34H38O2S. The first-order chi connectivity index (χ1) is 17.5. The maximum atomic E-state index is 5.56. The highest BCUT2D eigenvalue weighted by molar-refractivity contribution is 7.99. The van der Waals surface area contributed by atoms with Gasteiger partial charge in [0.15, 0.2) is 0 Å². The first-order valence-corrected chi connectivity index (χ1v) is 13.6. The number of methoxy groups -OCH3 is 2. The number of hydrogen-bond acceptors (Lipinski definition) is 3. The lowest BCUT2D eigenvalue weighted by atomic mass is 9.85. The first kappa shape index (κ1) is 26.9. The lowest BCUT2D eigenvalue weighted by Gasteiger charge is -2.23. The van der Waals surface area contributed by atoms with Crippen LogP contribution in [0.4, 0.5) is 0 Å². The first-order valence-electron chi connectivity index (χ1n) is 12.8. The molecule has 2 nitrogen and oxygen atoms in total. The summed E-state index contributed by atoms with van der Waals surface area (Å²) in [6.07, 6.45) is 0. The predicted octanol–water partition coefficient (Wildman–Crippen LogP) is 9.78. The quantitative estimate of drug-likeness (QED) is 0.257. The van der Waals surface area contributed by atoms with Crippen molar-refractivity contribution in [3.05, 3.63) is 96.1 Å². The smallest absolute Gasteiger partial charge is 0.119 e. The van der Waals surface area contributed by atoms with E-state index in [1.54, 1.807) is 14.2 Å². The molecule has 0 fully saturated rings. The molecule has 0 radical (unpaired) electrons. The van der Waals surface area contributed by atoms with Crippen molar-refractivity contribution in [2.75, 3.05) is 14.2 Å². The van der Waals surface area contributed by atoms with Crippen LogP contribution in [0.1, 0.15) is 52.7 Å². The van der Waals surface area contributed by atoms with Crippen LogP contribution in [0, 0.1) is 0 Å². The Morgan fingerprint density at radius 3 is 1.27 bits per heavy atom. The predicted molar refractivity (Wildman–Crippen MR) is 158 cm³/mol. The van der Waals surface area contributed by atoms with Crippen molar-refractivity contribution in [1.29, 1.82) is 0 Å². The molecule has 0 spiro atoms. The van der Waals surface area contributed by atoms with E-state index in [0.717, 1.165) is 22.6 Å². The summed E-state index contributed by atoms with van der Waals surface area (Å²) in [6, 6.07) is 30.4. The van der Waals surface area contributed by atoms with Gasteiger partial charge in [0.2, 0.25) is 0 Å². The molecule has 37 heavy (non-hydrogen) atoms. The summed E-state index contributed by atoms with van der Waals surface area (Å²) in [7, 11) is 3.44. The molecule has 3 heteroatoms. The van der Waals surface area contributed by atoms with E-state index < -0.39 is 0 Å². The molecule has 0 bridgehead atoms. The van der Waals surface area contributed by atoms with Gasteiger partial charge in [-0.25, -0.2) is 0 Å². The molecule has 0 saturated carbocycles. The zero-order valence-corrected chi connectivity index (χ0v) is 24.1. The maximum absolute atomic E-state index is 5.56. The van der Waals surface area contributed by atoms with Crippen molar-refractivity contribution < 1.29 is 9.47 Å². The third-order valence-electron chi connectivity index (χ3n) is 6.67. The average Bonchev–Trinajstić information content (AvgIpc) is 2.88. The summed E-state index contributed by atoms with van der Waals surface area (Å²) in [6.45, 7) is 13.6. The fourth-order valence-corrected chi connectivity index (χ4v) is 5.40. The molecular weight excluding hydrogens is 472 g/mol. The van der Waals surface area contributed by atoms with E-state index in [1.165, 1.54) is 32.0 Å². The number of hydrogen-bond donors (Lipinski definition) is 0. The molecule has 0 aliphatic rings. The van der Waals surface area contributed by atoms with E-state index in [4.69, 9.17) is 9.47 Å². The molecule has 0 amide bonds. The standard InChI is InChI=1S/C34H38O2S/c1-33(2,3)25-15-17-31(29(21-25)23-11-9-13-27(19-23)35-7)37-32-18-16-26(34(4,5)6)22-30(32)24-12-10-14-28(20-24)36-8/h9-22H,1-8H3. The molecule has 0 aromatic heterocycles. The van der Waals surface area contributed by atoms with E-state index in [0.29, 0.717) is 0 Å². The summed E-state index contributed by atoms with van der Waals surface area (Å²) in [5, 5.41) is 0. The van der Waals surface area contributed by atoms with Crippen molar-refractivity contribution >= 4 is 11.8 Å². The van der Waals surface area contributed by atoms with Crippen LogP contribution in [0.25, 0.3) is 22.3 Å². The van der Waals surface area contributed by atoms with Crippen LogP contribution in [-0.4, -0.2) is 14.2 Å². The van der Waals surface area contributed by atoms with Crippen molar-refractivity contribution in [3.63, 3.8) is 0 Å². The molecule has 0 atom stereocenters. The number of benzene rings is 4. The largest absolute Gasteiger partial charge is 0.497 e. The molecule has 192 valence electrons. The van der Waals surface area contributed by atoms with Crippen molar-refractivity contribution in [2.45, 2.75) is 62.2 Å². The van der Waals surface area contributed by atoms with E-state index in [9.17, 15) is 0 Å². The van der Waals surface area contributed by atoms with Gasteiger partial charge in [0, 0.05) is 9.79 Å². The maximum Gasteiger partial charge on any atom is 0.119 e. The van der Waals surface area contributed by atoms with Crippen molar-refractivity contribution in [1.82, 2.24) is 0 Å². The Hall–Kier alpha value is -3.17. The van der Waals surface area contributed by atoms with E-state index in [1.807, 2.05) is 23.9 Å². The molecule has 4 aromatic rings. The van der Waals surface area contributed by atoms with Crippen molar-refractivity contribution in [2.24, 2.45) is 0 Å². The minimum atomic E-state index is 0.0525. The highest BCUT2D eigenvalue weighted by Crippen LogP contribution is 2.44. The van der Waals surface area contributed by atoms with Gasteiger partial charge in [0.1, 0.15) is 11.5 Å². The van der Waals surface area contributed by atoms with Crippen LogP contribution in [0.5, 0.6) is 11.5 Å². The molecule has 0 heterocycles. The van der Waals surface area contributed by atoms with Gasteiger partial charge in [-0.3, -0.25) is 0 Å². The van der Waals surface area contributed by atoms with E-state index in [-0.39, 0.29) is 10.8 Å². The fraction of sp³-hybridized carbons (Fsp3) is 0.294. The third kappa shape index (κ3) is 6.22. The summed E-state index contributed by atoms with van der Waals surface area (Å²) in [5.74, 6) is 1.72. The van der Waals surface area contributed by atoms with Crippen LogP contribution < -0.4 is 9.47 Å². The fourth-order valence-electron chi connectivity index (χ4n) is 4.32. The van der Waals surface area contributed by atoms with Crippen molar-refractivity contribution in [3.8, 4) is 33.8 Å². The van der Waals surface area contributed by atoms with E-state index in [2.05, 4.69) is 114 Å². The molecule has 4 rings (SSSR count). The lowest BCUT2D eigenvalue weighted by Crippen LogP contribution is -2.11. The van der Waals surface area contributed by atoms with Crippen LogP contribution in [0.15, 0.2) is 94.7 Å². The van der Waals surface area contributed by atoms with Crippen LogP contribution in [-0.2, 0) is 10.8 Å². The monoisotopic (exact) mass is 510 g/mol. The Labute approximate surface area is 227 Å².